The number of carbonyl (C=O) groups excluding carboxylic acids is 1. The van der Waals surface area contributed by atoms with Crippen LogP contribution in [-0.2, 0) is 11.3 Å². The molecule has 1 N–H and O–H groups in total. The molecule has 0 bridgehead atoms. The van der Waals surface area contributed by atoms with Gasteiger partial charge in [-0.05, 0) is 32.3 Å². The molecule has 0 aliphatic heterocycles. The number of thiazole rings is 1. The van der Waals surface area contributed by atoms with Crippen LogP contribution in [0.5, 0.6) is 0 Å². The van der Waals surface area contributed by atoms with Crippen LogP contribution in [0.3, 0.4) is 0 Å². The summed E-state index contributed by atoms with van der Waals surface area (Å²) >= 11 is 2.91. The zero-order valence-corrected chi connectivity index (χ0v) is 12.7. The maximum atomic E-state index is 11.9. The van der Waals surface area contributed by atoms with Gasteiger partial charge < -0.3 is 10.1 Å². The summed E-state index contributed by atoms with van der Waals surface area (Å²) in [6.45, 7) is 6.57. The highest BCUT2D eigenvalue weighted by Gasteiger charge is 2.19. The molecule has 0 aliphatic rings. The third-order valence-corrected chi connectivity index (χ3v) is 4.24. The van der Waals surface area contributed by atoms with Crippen molar-refractivity contribution in [2.75, 3.05) is 11.9 Å². The van der Waals surface area contributed by atoms with Gasteiger partial charge in [-0.25, -0.2) is 9.78 Å². The minimum Gasteiger partial charge on any atom is -0.462 e. The van der Waals surface area contributed by atoms with Crippen LogP contribution in [0.4, 0.5) is 5.00 Å². The summed E-state index contributed by atoms with van der Waals surface area (Å²) in [5, 5.41) is 5.01. The van der Waals surface area contributed by atoms with Crippen molar-refractivity contribution in [2.24, 2.45) is 0 Å². The first kappa shape index (κ1) is 14.0. The van der Waals surface area contributed by atoms with Crippen LogP contribution >= 0.6 is 22.9 Å². The van der Waals surface area contributed by atoms with E-state index in [0.717, 1.165) is 14.9 Å². The molecule has 0 aliphatic carbocycles. The second-order valence-corrected chi connectivity index (χ2v) is 5.98. The highest BCUT2D eigenvalue weighted by Crippen LogP contribution is 2.26. The number of hydrogen-bond acceptors (Lipinski definition) is 7. The van der Waals surface area contributed by atoms with Gasteiger partial charge in [0.25, 0.3) is 0 Å². The lowest BCUT2D eigenvalue weighted by molar-refractivity contribution is 0.0527. The van der Waals surface area contributed by atoms with Gasteiger partial charge in [0.05, 0.1) is 23.9 Å². The zero-order valence-electron chi connectivity index (χ0n) is 11.0. The van der Waals surface area contributed by atoms with Crippen molar-refractivity contribution in [3.63, 3.8) is 0 Å². The van der Waals surface area contributed by atoms with Gasteiger partial charge in [0, 0.05) is 11.1 Å². The van der Waals surface area contributed by atoms with Crippen LogP contribution in [0, 0.1) is 13.8 Å². The molecular weight excluding hydrogens is 282 g/mol. The summed E-state index contributed by atoms with van der Waals surface area (Å²) in [4.78, 5) is 17.2. The number of aryl methyl sites for hydroxylation is 2. The molecule has 0 amide bonds. The fourth-order valence-electron chi connectivity index (χ4n) is 1.59. The molecule has 2 aromatic rings. The van der Waals surface area contributed by atoms with Gasteiger partial charge in [0.1, 0.15) is 10.6 Å². The lowest BCUT2D eigenvalue weighted by atomic mass is 10.2. The molecule has 0 spiro atoms. The van der Waals surface area contributed by atoms with Crippen molar-refractivity contribution in [3.05, 3.63) is 27.3 Å². The van der Waals surface area contributed by atoms with Gasteiger partial charge >= 0.3 is 5.97 Å². The van der Waals surface area contributed by atoms with E-state index in [1.54, 1.807) is 18.3 Å². The van der Waals surface area contributed by atoms with Gasteiger partial charge in [0.2, 0.25) is 0 Å². The van der Waals surface area contributed by atoms with Gasteiger partial charge in [-0.2, -0.15) is 4.37 Å². The van der Waals surface area contributed by atoms with Crippen LogP contribution in [0.2, 0.25) is 0 Å². The maximum Gasteiger partial charge on any atom is 0.343 e. The Bertz CT molecular complexity index is 577. The van der Waals surface area contributed by atoms with E-state index in [1.807, 2.05) is 20.0 Å². The molecule has 0 aromatic carbocycles. The molecule has 2 rings (SSSR count). The van der Waals surface area contributed by atoms with E-state index in [1.165, 1.54) is 11.5 Å². The van der Waals surface area contributed by atoms with Crippen molar-refractivity contribution in [1.29, 1.82) is 0 Å². The average Bonchev–Trinajstić information content (AvgIpc) is 2.93. The maximum absolute atomic E-state index is 11.9. The highest BCUT2D eigenvalue weighted by molar-refractivity contribution is 7.11. The van der Waals surface area contributed by atoms with E-state index < -0.39 is 0 Å². The second-order valence-electron chi connectivity index (χ2n) is 3.89. The summed E-state index contributed by atoms with van der Waals surface area (Å²) in [6, 6.07) is 0. The summed E-state index contributed by atoms with van der Waals surface area (Å²) in [5.74, 6) is -0.322. The SMILES string of the molecule is CCOC(=O)c1c(C)nsc1NCc1cnc(C)s1. The zero-order chi connectivity index (χ0) is 13.8. The lowest BCUT2D eigenvalue weighted by Crippen LogP contribution is -2.08. The van der Waals surface area contributed by atoms with Crippen LogP contribution in [-0.4, -0.2) is 21.9 Å². The number of carbonyl (C=O) groups is 1. The third kappa shape index (κ3) is 3.30. The van der Waals surface area contributed by atoms with E-state index in [-0.39, 0.29) is 5.97 Å². The number of nitrogens with one attached hydrogen (secondary N) is 1. The number of ether oxygens (including phenoxy) is 1. The molecule has 19 heavy (non-hydrogen) atoms. The molecule has 102 valence electrons. The molecule has 2 heterocycles. The van der Waals surface area contributed by atoms with E-state index in [9.17, 15) is 4.79 Å². The third-order valence-electron chi connectivity index (χ3n) is 2.43. The quantitative estimate of drug-likeness (QED) is 0.859. The Morgan fingerprint density at radius 3 is 2.89 bits per heavy atom. The van der Waals surface area contributed by atoms with Crippen molar-refractivity contribution in [1.82, 2.24) is 9.36 Å². The molecule has 0 saturated carbocycles. The van der Waals surface area contributed by atoms with Crippen molar-refractivity contribution in [2.45, 2.75) is 27.3 Å². The molecule has 0 radical (unpaired) electrons. The van der Waals surface area contributed by atoms with Crippen LogP contribution in [0.25, 0.3) is 0 Å². The monoisotopic (exact) mass is 297 g/mol. The summed E-state index contributed by atoms with van der Waals surface area (Å²) in [5.41, 5.74) is 1.24. The van der Waals surface area contributed by atoms with Gasteiger partial charge in [0.15, 0.2) is 0 Å². The van der Waals surface area contributed by atoms with E-state index in [0.29, 0.717) is 24.4 Å². The largest absolute Gasteiger partial charge is 0.462 e. The Labute approximate surface area is 119 Å². The Kier molecular flexibility index (Phi) is 4.49. The smallest absolute Gasteiger partial charge is 0.343 e. The minimum atomic E-state index is -0.322. The molecule has 2 aromatic heterocycles. The fourth-order valence-corrected chi connectivity index (χ4v) is 3.10. The van der Waals surface area contributed by atoms with Crippen molar-refractivity contribution in [3.8, 4) is 0 Å². The van der Waals surface area contributed by atoms with E-state index in [4.69, 9.17) is 4.74 Å². The second kappa shape index (κ2) is 6.12. The number of aromatic nitrogens is 2. The Hall–Kier alpha value is -1.47. The lowest BCUT2D eigenvalue weighted by Gasteiger charge is -2.05. The molecule has 0 atom stereocenters. The first-order valence-electron chi connectivity index (χ1n) is 5.90. The number of esters is 1. The van der Waals surface area contributed by atoms with Crippen molar-refractivity contribution >= 4 is 33.8 Å². The first-order valence-corrected chi connectivity index (χ1v) is 7.49. The minimum absolute atomic E-state index is 0.322. The molecule has 5 nitrogen and oxygen atoms in total. The normalized spacial score (nSPS) is 10.5. The summed E-state index contributed by atoms with van der Waals surface area (Å²) in [6.07, 6.45) is 1.84. The number of anilines is 1. The predicted octanol–water partition coefficient (Wildman–Crippen LogP) is 3.01. The predicted molar refractivity (Wildman–Crippen MR) is 77.0 cm³/mol. The summed E-state index contributed by atoms with van der Waals surface area (Å²) in [7, 11) is 0. The van der Waals surface area contributed by atoms with Crippen LogP contribution in [0.15, 0.2) is 6.20 Å². The Balaban J connectivity index is 2.10. The topological polar surface area (TPSA) is 64.1 Å². The standard InChI is InChI=1S/C12H15N3O2S2/c1-4-17-12(16)10-7(2)15-19-11(10)14-6-9-5-13-8(3)18-9/h5,14H,4,6H2,1-3H3. The van der Waals surface area contributed by atoms with Gasteiger partial charge in [-0.3, -0.25) is 0 Å². The van der Waals surface area contributed by atoms with E-state index in [2.05, 4.69) is 14.7 Å². The van der Waals surface area contributed by atoms with Gasteiger partial charge in [-0.15, -0.1) is 11.3 Å². The van der Waals surface area contributed by atoms with Crippen LogP contribution in [0.1, 0.15) is 32.9 Å². The Morgan fingerprint density at radius 1 is 1.47 bits per heavy atom. The highest BCUT2D eigenvalue weighted by atomic mass is 32.1. The molecule has 0 unspecified atom stereocenters. The number of nitrogens with zero attached hydrogens (tertiary/aromatic N) is 2. The summed E-state index contributed by atoms with van der Waals surface area (Å²) < 4.78 is 9.25. The Morgan fingerprint density at radius 2 is 2.26 bits per heavy atom. The average molecular weight is 297 g/mol. The molecular formula is C12H15N3O2S2. The number of hydrogen-bond donors (Lipinski definition) is 1. The first-order chi connectivity index (χ1) is 9.11. The fraction of sp³-hybridized carbons (Fsp3) is 0.417. The molecule has 0 saturated heterocycles. The van der Waals surface area contributed by atoms with Crippen molar-refractivity contribution < 1.29 is 9.53 Å². The van der Waals surface area contributed by atoms with Crippen LogP contribution < -0.4 is 5.32 Å². The molecule has 0 fully saturated rings. The van der Waals surface area contributed by atoms with E-state index >= 15 is 0 Å². The molecule has 7 heteroatoms. The van der Waals surface area contributed by atoms with Gasteiger partial charge in [-0.1, -0.05) is 0 Å². The number of rotatable bonds is 5.